The van der Waals surface area contributed by atoms with Gasteiger partial charge in [-0.3, -0.25) is 14.5 Å². The lowest BCUT2D eigenvalue weighted by Gasteiger charge is -2.04. The van der Waals surface area contributed by atoms with Gasteiger partial charge in [-0.1, -0.05) is 0 Å². The van der Waals surface area contributed by atoms with Crippen LogP contribution in [0.1, 0.15) is 23.9 Å². The van der Waals surface area contributed by atoms with Crippen molar-refractivity contribution in [3.05, 3.63) is 47.5 Å². The van der Waals surface area contributed by atoms with Crippen LogP contribution in [0, 0.1) is 6.92 Å². The van der Waals surface area contributed by atoms with E-state index in [4.69, 9.17) is 0 Å². The average Bonchev–Trinajstić information content (AvgIpc) is 2.70. The van der Waals surface area contributed by atoms with Crippen molar-refractivity contribution in [2.75, 3.05) is 0 Å². The van der Waals surface area contributed by atoms with Crippen LogP contribution in [-0.2, 0) is 24.2 Å². The fraction of sp³-hybridized carbons (Fsp3) is 0.357. The van der Waals surface area contributed by atoms with Gasteiger partial charge in [-0.05, 0) is 37.6 Å². The molecule has 4 heteroatoms. The molecule has 0 unspecified atom stereocenters. The van der Waals surface area contributed by atoms with Crippen molar-refractivity contribution in [1.29, 1.82) is 0 Å². The van der Waals surface area contributed by atoms with E-state index in [2.05, 4.69) is 10.1 Å². The first kappa shape index (κ1) is 12.5. The highest BCUT2D eigenvalue weighted by Crippen LogP contribution is 2.07. The second-order valence-corrected chi connectivity index (χ2v) is 4.34. The molecule has 0 fully saturated rings. The SMILES string of the molecule is CCn1nc(C)cc1CC(=O)Cc1ccncc1. The smallest absolute Gasteiger partial charge is 0.143 e. The van der Waals surface area contributed by atoms with Gasteiger partial charge in [0.15, 0.2) is 0 Å². The van der Waals surface area contributed by atoms with Crippen molar-refractivity contribution in [2.24, 2.45) is 0 Å². The second kappa shape index (κ2) is 5.58. The number of pyridine rings is 1. The molecule has 0 spiro atoms. The van der Waals surface area contributed by atoms with Crippen molar-refractivity contribution in [3.63, 3.8) is 0 Å². The van der Waals surface area contributed by atoms with E-state index in [0.29, 0.717) is 12.8 Å². The summed E-state index contributed by atoms with van der Waals surface area (Å²) in [6.07, 6.45) is 4.32. The van der Waals surface area contributed by atoms with Crippen LogP contribution in [0.3, 0.4) is 0 Å². The molecule has 0 aliphatic heterocycles. The van der Waals surface area contributed by atoms with Gasteiger partial charge in [-0.25, -0.2) is 0 Å². The van der Waals surface area contributed by atoms with Crippen molar-refractivity contribution < 1.29 is 4.79 Å². The number of ketones is 1. The molecule has 0 amide bonds. The minimum absolute atomic E-state index is 0.204. The normalized spacial score (nSPS) is 10.6. The van der Waals surface area contributed by atoms with Gasteiger partial charge in [0.25, 0.3) is 0 Å². The molecule has 0 bridgehead atoms. The van der Waals surface area contributed by atoms with E-state index in [9.17, 15) is 4.79 Å². The van der Waals surface area contributed by atoms with Gasteiger partial charge in [0.05, 0.1) is 5.69 Å². The van der Waals surface area contributed by atoms with E-state index < -0.39 is 0 Å². The van der Waals surface area contributed by atoms with Crippen molar-refractivity contribution in [1.82, 2.24) is 14.8 Å². The molecule has 2 aromatic heterocycles. The molecule has 0 radical (unpaired) electrons. The molecule has 18 heavy (non-hydrogen) atoms. The number of rotatable bonds is 5. The summed E-state index contributed by atoms with van der Waals surface area (Å²) >= 11 is 0. The Morgan fingerprint density at radius 2 is 2.00 bits per heavy atom. The molecule has 2 rings (SSSR count). The number of carbonyl (C=O) groups excluding carboxylic acids is 1. The van der Waals surface area contributed by atoms with Crippen LogP contribution in [0.15, 0.2) is 30.6 Å². The third-order valence-electron chi connectivity index (χ3n) is 2.81. The molecule has 0 saturated carbocycles. The van der Waals surface area contributed by atoms with Crippen molar-refractivity contribution in [3.8, 4) is 0 Å². The number of Topliss-reactive ketones (excluding diaryl/α,β-unsaturated/α-hetero) is 1. The van der Waals surface area contributed by atoms with E-state index in [1.807, 2.05) is 36.7 Å². The Kier molecular flexibility index (Phi) is 3.87. The van der Waals surface area contributed by atoms with Gasteiger partial charge >= 0.3 is 0 Å². The third-order valence-corrected chi connectivity index (χ3v) is 2.81. The molecule has 0 atom stereocenters. The number of aromatic nitrogens is 3. The van der Waals surface area contributed by atoms with Crippen LogP contribution >= 0.6 is 0 Å². The van der Waals surface area contributed by atoms with Crippen LogP contribution in [0.4, 0.5) is 0 Å². The molecule has 0 aromatic carbocycles. The fourth-order valence-corrected chi connectivity index (χ4v) is 2.01. The van der Waals surface area contributed by atoms with Crippen molar-refractivity contribution in [2.45, 2.75) is 33.2 Å². The molecule has 2 aromatic rings. The molecule has 0 aliphatic carbocycles. The molecule has 94 valence electrons. The largest absolute Gasteiger partial charge is 0.299 e. The first-order chi connectivity index (χ1) is 8.69. The predicted molar refractivity (Wildman–Crippen MR) is 69.3 cm³/mol. The number of nitrogens with zero attached hydrogens (tertiary/aromatic N) is 3. The zero-order valence-corrected chi connectivity index (χ0v) is 10.8. The minimum Gasteiger partial charge on any atom is -0.299 e. The highest BCUT2D eigenvalue weighted by Gasteiger charge is 2.10. The van der Waals surface area contributed by atoms with Gasteiger partial charge in [0.2, 0.25) is 0 Å². The zero-order chi connectivity index (χ0) is 13.0. The summed E-state index contributed by atoms with van der Waals surface area (Å²) in [6, 6.07) is 5.73. The van der Waals surface area contributed by atoms with Gasteiger partial charge in [-0.2, -0.15) is 5.10 Å². The summed E-state index contributed by atoms with van der Waals surface area (Å²) in [5, 5.41) is 4.34. The topological polar surface area (TPSA) is 47.8 Å². The fourth-order valence-electron chi connectivity index (χ4n) is 2.01. The van der Waals surface area contributed by atoms with Gasteiger partial charge < -0.3 is 0 Å². The molecule has 0 N–H and O–H groups in total. The highest BCUT2D eigenvalue weighted by atomic mass is 16.1. The summed E-state index contributed by atoms with van der Waals surface area (Å²) < 4.78 is 1.89. The summed E-state index contributed by atoms with van der Waals surface area (Å²) in [4.78, 5) is 15.9. The lowest BCUT2D eigenvalue weighted by molar-refractivity contribution is -0.117. The molecule has 4 nitrogen and oxygen atoms in total. The number of hydrogen-bond acceptors (Lipinski definition) is 3. The molecular formula is C14H17N3O. The van der Waals surface area contributed by atoms with Gasteiger partial charge in [0, 0.05) is 37.5 Å². The molecular weight excluding hydrogens is 226 g/mol. The zero-order valence-electron chi connectivity index (χ0n) is 10.8. The highest BCUT2D eigenvalue weighted by molar-refractivity contribution is 5.82. The average molecular weight is 243 g/mol. The summed E-state index contributed by atoms with van der Waals surface area (Å²) in [6.45, 7) is 4.78. The Morgan fingerprint density at radius 3 is 2.67 bits per heavy atom. The van der Waals surface area contributed by atoms with Gasteiger partial charge in [-0.15, -0.1) is 0 Å². The van der Waals surface area contributed by atoms with E-state index in [1.54, 1.807) is 12.4 Å². The Bertz CT molecular complexity index is 531. The van der Waals surface area contributed by atoms with E-state index in [1.165, 1.54) is 0 Å². The van der Waals surface area contributed by atoms with E-state index in [0.717, 1.165) is 23.5 Å². The quantitative estimate of drug-likeness (QED) is 0.806. The summed E-state index contributed by atoms with van der Waals surface area (Å²) in [7, 11) is 0. The van der Waals surface area contributed by atoms with E-state index >= 15 is 0 Å². The minimum atomic E-state index is 0.204. The Balaban J connectivity index is 2.03. The Labute approximate surface area is 107 Å². The number of hydrogen-bond donors (Lipinski definition) is 0. The van der Waals surface area contributed by atoms with Crippen LogP contribution < -0.4 is 0 Å². The van der Waals surface area contributed by atoms with Crippen LogP contribution in [-0.4, -0.2) is 20.5 Å². The number of carbonyl (C=O) groups is 1. The van der Waals surface area contributed by atoms with E-state index in [-0.39, 0.29) is 5.78 Å². The van der Waals surface area contributed by atoms with Crippen LogP contribution in [0.2, 0.25) is 0 Å². The maximum Gasteiger partial charge on any atom is 0.143 e. The Hall–Kier alpha value is -1.97. The maximum absolute atomic E-state index is 12.0. The number of aryl methyl sites for hydroxylation is 2. The Morgan fingerprint density at radius 1 is 1.28 bits per heavy atom. The standard InChI is InChI=1S/C14H17N3O/c1-3-17-13(8-11(2)16-17)10-14(18)9-12-4-6-15-7-5-12/h4-8H,3,9-10H2,1-2H3. The summed E-state index contributed by atoms with van der Waals surface area (Å²) in [5.41, 5.74) is 2.96. The predicted octanol–water partition coefficient (Wildman–Crippen LogP) is 1.96. The van der Waals surface area contributed by atoms with Crippen molar-refractivity contribution >= 4 is 5.78 Å². The maximum atomic E-state index is 12.0. The first-order valence-corrected chi connectivity index (χ1v) is 6.13. The second-order valence-electron chi connectivity index (χ2n) is 4.34. The summed E-state index contributed by atoms with van der Waals surface area (Å²) in [5.74, 6) is 0.204. The van der Waals surface area contributed by atoms with Gasteiger partial charge in [0.1, 0.15) is 5.78 Å². The first-order valence-electron chi connectivity index (χ1n) is 6.13. The lowest BCUT2D eigenvalue weighted by Crippen LogP contribution is -2.11. The third kappa shape index (κ3) is 3.03. The molecule has 0 saturated heterocycles. The van der Waals surface area contributed by atoms with Crippen LogP contribution in [0.25, 0.3) is 0 Å². The molecule has 2 heterocycles. The lowest BCUT2D eigenvalue weighted by atomic mass is 10.1. The van der Waals surface area contributed by atoms with Crippen LogP contribution in [0.5, 0.6) is 0 Å². The monoisotopic (exact) mass is 243 g/mol. The molecule has 0 aliphatic rings.